The molecule has 0 bridgehead atoms. The zero-order chi connectivity index (χ0) is 12.1. The monoisotopic (exact) mass is 222 g/mol. The van der Waals surface area contributed by atoms with Crippen LogP contribution in [0.15, 0.2) is 23.0 Å². The Kier molecular flexibility index (Phi) is 4.78. The standard InChI is InChI=1S/C14H22O2/c1-10(2)8-9-12-13(15)6-5-7-14(12)16-11(3)4/h8,11H,5-7,9H2,1-4H3. The zero-order valence-electron chi connectivity index (χ0n) is 10.8. The van der Waals surface area contributed by atoms with Crippen LogP contribution in [0.2, 0.25) is 0 Å². The van der Waals surface area contributed by atoms with E-state index in [2.05, 4.69) is 19.9 Å². The van der Waals surface area contributed by atoms with Crippen LogP contribution < -0.4 is 0 Å². The first-order valence-electron chi connectivity index (χ1n) is 6.06. The first-order chi connectivity index (χ1) is 7.50. The number of Topliss-reactive ketones (excluding diaryl/α,β-unsaturated/α-hetero) is 1. The number of hydrogen-bond donors (Lipinski definition) is 0. The van der Waals surface area contributed by atoms with Crippen LogP contribution in [0, 0.1) is 0 Å². The summed E-state index contributed by atoms with van der Waals surface area (Å²) in [5.41, 5.74) is 2.14. The lowest BCUT2D eigenvalue weighted by Crippen LogP contribution is -2.15. The van der Waals surface area contributed by atoms with E-state index in [0.717, 1.165) is 30.6 Å². The lowest BCUT2D eigenvalue weighted by molar-refractivity contribution is -0.116. The molecule has 0 N–H and O–H groups in total. The van der Waals surface area contributed by atoms with Crippen LogP contribution in [-0.2, 0) is 9.53 Å². The van der Waals surface area contributed by atoms with E-state index in [1.807, 2.05) is 13.8 Å². The summed E-state index contributed by atoms with van der Waals surface area (Å²) in [4.78, 5) is 11.8. The van der Waals surface area contributed by atoms with Crippen molar-refractivity contribution in [1.29, 1.82) is 0 Å². The van der Waals surface area contributed by atoms with E-state index in [4.69, 9.17) is 4.74 Å². The van der Waals surface area contributed by atoms with Gasteiger partial charge in [0.1, 0.15) is 5.76 Å². The second-order valence-corrected chi connectivity index (χ2v) is 4.83. The average Bonchev–Trinajstić information content (AvgIpc) is 2.15. The Balaban J connectivity index is 2.86. The van der Waals surface area contributed by atoms with Crippen molar-refractivity contribution in [2.24, 2.45) is 0 Å². The number of allylic oxidation sites excluding steroid dienone is 4. The summed E-state index contributed by atoms with van der Waals surface area (Å²) < 4.78 is 5.74. The molecule has 0 fully saturated rings. The highest BCUT2D eigenvalue weighted by atomic mass is 16.5. The van der Waals surface area contributed by atoms with E-state index in [0.29, 0.717) is 6.42 Å². The van der Waals surface area contributed by atoms with Gasteiger partial charge in [0.2, 0.25) is 0 Å². The third-order valence-electron chi connectivity index (χ3n) is 2.57. The average molecular weight is 222 g/mol. The quantitative estimate of drug-likeness (QED) is 0.677. The van der Waals surface area contributed by atoms with Crippen LogP contribution in [-0.4, -0.2) is 11.9 Å². The SMILES string of the molecule is CC(C)=CCC1=C(OC(C)C)CCCC1=O. The van der Waals surface area contributed by atoms with Crippen molar-refractivity contribution >= 4 is 5.78 Å². The maximum atomic E-state index is 11.8. The Bertz CT molecular complexity index is 318. The van der Waals surface area contributed by atoms with Gasteiger partial charge in [0.25, 0.3) is 0 Å². The van der Waals surface area contributed by atoms with Crippen LogP contribution >= 0.6 is 0 Å². The molecule has 2 heteroatoms. The van der Waals surface area contributed by atoms with Crippen molar-refractivity contribution in [1.82, 2.24) is 0 Å². The Morgan fingerprint density at radius 1 is 1.38 bits per heavy atom. The lowest BCUT2D eigenvalue weighted by Gasteiger charge is -2.21. The molecule has 1 rings (SSSR count). The third kappa shape index (κ3) is 3.84. The summed E-state index contributed by atoms with van der Waals surface area (Å²) in [5.74, 6) is 1.18. The Morgan fingerprint density at radius 2 is 2.06 bits per heavy atom. The maximum absolute atomic E-state index is 11.8. The molecule has 16 heavy (non-hydrogen) atoms. The highest BCUT2D eigenvalue weighted by molar-refractivity contribution is 5.96. The fraction of sp³-hybridized carbons (Fsp3) is 0.643. The number of carbonyl (C=O) groups excluding carboxylic acids is 1. The van der Waals surface area contributed by atoms with Crippen molar-refractivity contribution in [3.63, 3.8) is 0 Å². The molecule has 0 aliphatic heterocycles. The lowest BCUT2D eigenvalue weighted by atomic mass is 9.93. The van der Waals surface area contributed by atoms with Crippen LogP contribution in [0.1, 0.15) is 53.4 Å². The number of carbonyl (C=O) groups is 1. The van der Waals surface area contributed by atoms with Gasteiger partial charge in [-0.1, -0.05) is 11.6 Å². The van der Waals surface area contributed by atoms with Gasteiger partial charge in [-0.3, -0.25) is 4.79 Å². The summed E-state index contributed by atoms with van der Waals surface area (Å²) in [6.45, 7) is 8.11. The maximum Gasteiger partial charge on any atom is 0.162 e. The molecule has 0 atom stereocenters. The van der Waals surface area contributed by atoms with Gasteiger partial charge < -0.3 is 4.74 Å². The fourth-order valence-electron chi connectivity index (χ4n) is 1.82. The second-order valence-electron chi connectivity index (χ2n) is 4.83. The van der Waals surface area contributed by atoms with Crippen LogP contribution in [0.25, 0.3) is 0 Å². The highest BCUT2D eigenvalue weighted by Gasteiger charge is 2.21. The number of ketones is 1. The van der Waals surface area contributed by atoms with Gasteiger partial charge in [0, 0.05) is 18.4 Å². The molecular formula is C14H22O2. The molecule has 2 nitrogen and oxygen atoms in total. The van der Waals surface area contributed by atoms with Gasteiger partial charge in [-0.2, -0.15) is 0 Å². The minimum Gasteiger partial charge on any atom is -0.495 e. The molecule has 90 valence electrons. The molecule has 0 radical (unpaired) electrons. The van der Waals surface area contributed by atoms with E-state index in [-0.39, 0.29) is 11.9 Å². The van der Waals surface area contributed by atoms with Gasteiger partial charge in [0.15, 0.2) is 5.78 Å². The van der Waals surface area contributed by atoms with Crippen molar-refractivity contribution in [3.8, 4) is 0 Å². The van der Waals surface area contributed by atoms with E-state index in [9.17, 15) is 4.79 Å². The number of ether oxygens (including phenoxy) is 1. The number of rotatable bonds is 4. The summed E-state index contributed by atoms with van der Waals surface area (Å²) in [5, 5.41) is 0. The first-order valence-corrected chi connectivity index (χ1v) is 6.06. The molecule has 0 aromatic heterocycles. The number of hydrogen-bond acceptors (Lipinski definition) is 2. The summed E-state index contributed by atoms with van der Waals surface area (Å²) in [6, 6.07) is 0. The molecule has 0 unspecified atom stereocenters. The van der Waals surface area contributed by atoms with Crippen LogP contribution in [0.5, 0.6) is 0 Å². The normalized spacial score (nSPS) is 16.7. The second kappa shape index (κ2) is 5.88. The van der Waals surface area contributed by atoms with Crippen LogP contribution in [0.3, 0.4) is 0 Å². The van der Waals surface area contributed by atoms with Gasteiger partial charge in [0.05, 0.1) is 6.10 Å². The van der Waals surface area contributed by atoms with Crippen molar-refractivity contribution in [2.45, 2.75) is 59.5 Å². The summed E-state index contributed by atoms with van der Waals surface area (Å²) in [7, 11) is 0. The van der Waals surface area contributed by atoms with Crippen molar-refractivity contribution in [2.75, 3.05) is 0 Å². The highest BCUT2D eigenvalue weighted by Crippen LogP contribution is 2.26. The molecule has 1 aliphatic carbocycles. The molecule has 0 heterocycles. The Labute approximate surface area is 98.4 Å². The molecule has 0 spiro atoms. The molecule has 0 saturated carbocycles. The first kappa shape index (κ1) is 13.0. The zero-order valence-corrected chi connectivity index (χ0v) is 10.8. The predicted molar refractivity (Wildman–Crippen MR) is 66.2 cm³/mol. The molecule has 0 saturated heterocycles. The molecular weight excluding hydrogens is 200 g/mol. The molecule has 0 aromatic carbocycles. The molecule has 1 aliphatic rings. The van der Waals surface area contributed by atoms with Crippen molar-refractivity contribution in [3.05, 3.63) is 23.0 Å². The van der Waals surface area contributed by atoms with E-state index in [1.54, 1.807) is 0 Å². The van der Waals surface area contributed by atoms with E-state index >= 15 is 0 Å². The third-order valence-corrected chi connectivity index (χ3v) is 2.57. The van der Waals surface area contributed by atoms with E-state index in [1.165, 1.54) is 5.57 Å². The molecule has 0 aromatic rings. The summed E-state index contributed by atoms with van der Waals surface area (Å²) in [6.07, 6.45) is 5.50. The smallest absolute Gasteiger partial charge is 0.162 e. The minimum absolute atomic E-state index is 0.155. The van der Waals surface area contributed by atoms with E-state index < -0.39 is 0 Å². The topological polar surface area (TPSA) is 26.3 Å². The summed E-state index contributed by atoms with van der Waals surface area (Å²) >= 11 is 0. The predicted octanol–water partition coefficient (Wildman–Crippen LogP) is 3.77. The van der Waals surface area contributed by atoms with Gasteiger partial charge in [-0.25, -0.2) is 0 Å². The van der Waals surface area contributed by atoms with Gasteiger partial charge >= 0.3 is 0 Å². The van der Waals surface area contributed by atoms with Crippen molar-refractivity contribution < 1.29 is 9.53 Å². The van der Waals surface area contributed by atoms with Crippen LogP contribution in [0.4, 0.5) is 0 Å². The Morgan fingerprint density at radius 3 is 2.62 bits per heavy atom. The Hall–Kier alpha value is -1.05. The van der Waals surface area contributed by atoms with Gasteiger partial charge in [-0.05, 0) is 40.5 Å². The largest absolute Gasteiger partial charge is 0.495 e. The van der Waals surface area contributed by atoms with Gasteiger partial charge in [-0.15, -0.1) is 0 Å². The molecule has 0 amide bonds. The minimum atomic E-state index is 0.155. The fourth-order valence-corrected chi connectivity index (χ4v) is 1.82.